The molecule has 0 aliphatic carbocycles. The molecule has 0 N–H and O–H groups in total. The predicted octanol–water partition coefficient (Wildman–Crippen LogP) is 3.03. The number of anilines is 1. The van der Waals surface area contributed by atoms with Crippen LogP contribution < -0.4 is 4.90 Å². The first-order chi connectivity index (χ1) is 15.5. The Hall–Kier alpha value is -3.30. The molecule has 0 atom stereocenters. The van der Waals surface area contributed by atoms with Crippen LogP contribution in [0, 0.1) is 6.92 Å². The van der Waals surface area contributed by atoms with Crippen molar-refractivity contribution in [1.29, 1.82) is 0 Å². The van der Waals surface area contributed by atoms with Gasteiger partial charge in [-0.25, -0.2) is 15.0 Å². The van der Waals surface area contributed by atoms with Crippen LogP contribution in [0.5, 0.6) is 0 Å². The van der Waals surface area contributed by atoms with E-state index in [4.69, 9.17) is 0 Å². The number of hydrogen-bond donors (Lipinski definition) is 0. The average Bonchev–Trinajstić information content (AvgIpc) is 3.18. The Kier molecular flexibility index (Phi) is 5.36. The molecular weight excluding hydrogens is 422 g/mol. The van der Waals surface area contributed by atoms with Crippen molar-refractivity contribution in [2.45, 2.75) is 19.4 Å². The molecule has 1 aliphatic rings. The van der Waals surface area contributed by atoms with Crippen LogP contribution in [0.15, 0.2) is 42.7 Å². The molecule has 0 spiro atoms. The zero-order chi connectivity index (χ0) is 22.2. The van der Waals surface area contributed by atoms with Crippen molar-refractivity contribution in [3.05, 3.63) is 59.1 Å². The number of pyridine rings is 1. The van der Waals surface area contributed by atoms with E-state index in [9.17, 15) is 4.79 Å². The largest absolute Gasteiger partial charge is 0.353 e. The first-order valence-corrected chi connectivity index (χ1v) is 11.2. The molecule has 32 heavy (non-hydrogen) atoms. The predicted molar refractivity (Wildman–Crippen MR) is 125 cm³/mol. The molecule has 0 saturated carbocycles. The van der Waals surface area contributed by atoms with Crippen LogP contribution in [0.1, 0.15) is 21.2 Å². The molecule has 3 aromatic heterocycles. The molecule has 162 valence electrons. The summed E-state index contributed by atoms with van der Waals surface area (Å²) in [5.41, 5.74) is 2.38. The maximum absolute atomic E-state index is 12.9. The maximum Gasteiger partial charge on any atom is 0.170 e. The van der Waals surface area contributed by atoms with Gasteiger partial charge < -0.3 is 9.80 Å². The van der Waals surface area contributed by atoms with Gasteiger partial charge in [0.2, 0.25) is 0 Å². The zero-order valence-corrected chi connectivity index (χ0v) is 19.0. The van der Waals surface area contributed by atoms with Gasteiger partial charge in [-0.15, -0.1) is 10.2 Å². The van der Waals surface area contributed by atoms with Gasteiger partial charge in [0, 0.05) is 48.0 Å². The topological polar surface area (TPSA) is 88.0 Å². The molecule has 0 amide bonds. The minimum Gasteiger partial charge on any atom is -0.353 e. The molecular formula is C23H23N7OS. The standard InChI is InChI=1S/C23H23N7OS/c1-14-27-28-23(32-14)16-4-5-17-11-25-21(26-19(17)8-16)10-20(31)15-6-7-24-22(9-15)30-12-18(13-30)29(2)3/h4-9,11,18H,10,12-13H2,1-3H3. The Labute approximate surface area is 190 Å². The van der Waals surface area contributed by atoms with Crippen molar-refractivity contribution >= 4 is 33.8 Å². The van der Waals surface area contributed by atoms with E-state index in [2.05, 4.69) is 49.0 Å². The van der Waals surface area contributed by atoms with Crippen LogP contribution >= 0.6 is 11.3 Å². The number of ketones is 1. The normalized spacial score (nSPS) is 14.2. The summed E-state index contributed by atoms with van der Waals surface area (Å²) in [6.07, 6.45) is 3.60. The first kappa shape index (κ1) is 20.6. The van der Waals surface area contributed by atoms with Crippen LogP contribution in [0.2, 0.25) is 0 Å². The SMILES string of the molecule is Cc1nnc(-c2ccc3cnc(CC(=O)c4ccnc(N5CC(N(C)C)C5)c4)nc3c2)s1. The number of hydrogen-bond acceptors (Lipinski definition) is 9. The molecule has 1 aliphatic heterocycles. The van der Waals surface area contributed by atoms with Gasteiger partial charge in [0.1, 0.15) is 21.7 Å². The van der Waals surface area contributed by atoms with Crippen molar-refractivity contribution in [2.24, 2.45) is 0 Å². The van der Waals surface area contributed by atoms with E-state index < -0.39 is 0 Å². The van der Waals surface area contributed by atoms with E-state index in [1.165, 1.54) is 0 Å². The minimum atomic E-state index is -0.0198. The number of carbonyl (C=O) groups is 1. The van der Waals surface area contributed by atoms with Crippen molar-refractivity contribution in [3.8, 4) is 10.6 Å². The number of benzene rings is 1. The summed E-state index contributed by atoms with van der Waals surface area (Å²) in [7, 11) is 4.16. The van der Waals surface area contributed by atoms with Gasteiger partial charge in [0.05, 0.1) is 11.9 Å². The fraction of sp³-hybridized carbons (Fsp3) is 0.304. The summed E-state index contributed by atoms with van der Waals surface area (Å²) < 4.78 is 0. The highest BCUT2D eigenvalue weighted by atomic mass is 32.1. The zero-order valence-electron chi connectivity index (χ0n) is 18.2. The smallest absolute Gasteiger partial charge is 0.170 e. The molecule has 1 saturated heterocycles. The Morgan fingerprint density at radius 2 is 2.00 bits per heavy atom. The summed E-state index contributed by atoms with van der Waals surface area (Å²) >= 11 is 1.54. The van der Waals surface area contributed by atoms with E-state index in [-0.39, 0.29) is 12.2 Å². The summed E-state index contributed by atoms with van der Waals surface area (Å²) in [5.74, 6) is 1.32. The summed E-state index contributed by atoms with van der Waals surface area (Å²) in [6, 6.07) is 10.1. The lowest BCUT2D eigenvalue weighted by molar-refractivity contribution is 0.0990. The van der Waals surface area contributed by atoms with Crippen LogP contribution in [-0.2, 0) is 6.42 Å². The van der Waals surface area contributed by atoms with Crippen molar-refractivity contribution in [2.75, 3.05) is 32.1 Å². The maximum atomic E-state index is 12.9. The molecule has 0 unspecified atom stereocenters. The van der Waals surface area contributed by atoms with Gasteiger partial charge in [-0.05, 0) is 39.2 Å². The lowest BCUT2D eigenvalue weighted by Crippen LogP contribution is -2.57. The Balaban J connectivity index is 1.34. The molecule has 8 nitrogen and oxygen atoms in total. The highest BCUT2D eigenvalue weighted by Crippen LogP contribution is 2.26. The van der Waals surface area contributed by atoms with E-state index in [0.29, 0.717) is 17.4 Å². The van der Waals surface area contributed by atoms with Crippen molar-refractivity contribution < 1.29 is 4.79 Å². The summed E-state index contributed by atoms with van der Waals surface area (Å²) in [5, 5.41) is 11.0. The Morgan fingerprint density at radius 1 is 1.16 bits per heavy atom. The van der Waals surface area contributed by atoms with Crippen LogP contribution in [0.3, 0.4) is 0 Å². The third-order valence-electron chi connectivity index (χ3n) is 5.71. The van der Waals surface area contributed by atoms with Gasteiger partial charge in [-0.1, -0.05) is 23.5 Å². The van der Waals surface area contributed by atoms with Crippen LogP contribution in [0.25, 0.3) is 21.5 Å². The molecule has 4 aromatic rings. The Bertz CT molecular complexity index is 1300. The number of likely N-dealkylation sites (N-methyl/N-ethyl adjacent to an activating group) is 1. The third kappa shape index (κ3) is 4.09. The molecule has 0 bridgehead atoms. The quantitative estimate of drug-likeness (QED) is 0.419. The van der Waals surface area contributed by atoms with E-state index in [0.717, 1.165) is 45.4 Å². The van der Waals surface area contributed by atoms with Gasteiger partial charge in [-0.2, -0.15) is 0 Å². The van der Waals surface area contributed by atoms with Gasteiger partial charge in [-0.3, -0.25) is 4.79 Å². The fourth-order valence-corrected chi connectivity index (χ4v) is 4.36. The second kappa shape index (κ2) is 8.33. The van der Waals surface area contributed by atoms with Crippen LogP contribution in [0.4, 0.5) is 5.82 Å². The Morgan fingerprint density at radius 3 is 2.75 bits per heavy atom. The molecule has 0 radical (unpaired) electrons. The monoisotopic (exact) mass is 445 g/mol. The van der Waals surface area contributed by atoms with Gasteiger partial charge >= 0.3 is 0 Å². The fourth-order valence-electron chi connectivity index (χ4n) is 3.67. The summed E-state index contributed by atoms with van der Waals surface area (Å²) in [6.45, 7) is 3.77. The number of carbonyl (C=O) groups excluding carboxylic acids is 1. The highest BCUT2D eigenvalue weighted by Gasteiger charge is 2.29. The minimum absolute atomic E-state index is 0.0198. The second-order valence-electron chi connectivity index (χ2n) is 8.21. The number of rotatable bonds is 6. The number of fused-ring (bicyclic) bond motifs is 1. The lowest BCUT2D eigenvalue weighted by atomic mass is 10.1. The number of nitrogens with zero attached hydrogens (tertiary/aromatic N) is 7. The van der Waals surface area contributed by atoms with Crippen LogP contribution in [-0.4, -0.2) is 69.1 Å². The van der Waals surface area contributed by atoms with Crippen molar-refractivity contribution in [3.63, 3.8) is 0 Å². The second-order valence-corrected chi connectivity index (χ2v) is 9.39. The van der Waals surface area contributed by atoms with Gasteiger partial charge in [0.15, 0.2) is 5.78 Å². The number of Topliss-reactive ketones (excluding diaryl/α,β-unsaturated/α-hetero) is 1. The van der Waals surface area contributed by atoms with E-state index in [1.807, 2.05) is 31.2 Å². The van der Waals surface area contributed by atoms with Gasteiger partial charge in [0.25, 0.3) is 0 Å². The van der Waals surface area contributed by atoms with Crippen molar-refractivity contribution in [1.82, 2.24) is 30.0 Å². The molecule has 1 fully saturated rings. The first-order valence-electron chi connectivity index (χ1n) is 10.4. The average molecular weight is 446 g/mol. The number of aromatic nitrogens is 5. The summed E-state index contributed by atoms with van der Waals surface area (Å²) in [4.78, 5) is 30.8. The molecule has 1 aromatic carbocycles. The van der Waals surface area contributed by atoms with E-state index >= 15 is 0 Å². The lowest BCUT2D eigenvalue weighted by Gasteiger charge is -2.43. The highest BCUT2D eigenvalue weighted by molar-refractivity contribution is 7.14. The number of aryl methyl sites for hydroxylation is 1. The third-order valence-corrected chi connectivity index (χ3v) is 6.60. The molecule has 4 heterocycles. The molecule has 9 heteroatoms. The van der Waals surface area contributed by atoms with E-state index in [1.54, 1.807) is 29.8 Å². The molecule has 5 rings (SSSR count).